The standard InChI is InChI=1S/C16H20N4O/c1-2-13-16-19-18-15(20(16)9-8-17-13)12-7-10-21-14-6-4-3-5-11(12)14/h3-6,12-13,17H,2,7-10H2,1H3. The third-order valence-electron chi connectivity index (χ3n) is 4.52. The van der Waals surface area contributed by atoms with E-state index in [-0.39, 0.29) is 0 Å². The van der Waals surface area contributed by atoms with Gasteiger partial charge in [-0.25, -0.2) is 0 Å². The molecule has 0 bridgehead atoms. The molecule has 2 unspecified atom stereocenters. The van der Waals surface area contributed by atoms with E-state index in [0.29, 0.717) is 12.0 Å². The van der Waals surface area contributed by atoms with E-state index in [1.807, 2.05) is 12.1 Å². The smallest absolute Gasteiger partial charge is 0.150 e. The molecule has 1 aromatic heterocycles. The summed E-state index contributed by atoms with van der Waals surface area (Å²) < 4.78 is 8.09. The predicted octanol–water partition coefficient (Wildman–Crippen LogP) is 2.25. The highest BCUT2D eigenvalue weighted by molar-refractivity contribution is 5.41. The summed E-state index contributed by atoms with van der Waals surface area (Å²) >= 11 is 0. The van der Waals surface area contributed by atoms with Gasteiger partial charge >= 0.3 is 0 Å². The van der Waals surface area contributed by atoms with Crippen LogP contribution in [-0.2, 0) is 6.54 Å². The number of hydrogen-bond donors (Lipinski definition) is 1. The van der Waals surface area contributed by atoms with Crippen molar-refractivity contribution in [3.8, 4) is 5.75 Å². The molecule has 1 aromatic carbocycles. The van der Waals surface area contributed by atoms with Gasteiger partial charge < -0.3 is 14.6 Å². The Hall–Kier alpha value is -1.88. The van der Waals surface area contributed by atoms with E-state index in [9.17, 15) is 0 Å². The number of rotatable bonds is 2. The molecule has 2 aromatic rings. The van der Waals surface area contributed by atoms with E-state index in [1.165, 1.54) is 5.56 Å². The third-order valence-corrected chi connectivity index (χ3v) is 4.52. The molecule has 0 spiro atoms. The van der Waals surface area contributed by atoms with Crippen molar-refractivity contribution < 1.29 is 4.74 Å². The molecule has 0 saturated carbocycles. The van der Waals surface area contributed by atoms with Crippen LogP contribution in [0, 0.1) is 0 Å². The minimum atomic E-state index is 0.298. The number of ether oxygens (including phenoxy) is 1. The number of aromatic nitrogens is 3. The Balaban J connectivity index is 1.77. The Kier molecular flexibility index (Phi) is 3.15. The van der Waals surface area contributed by atoms with E-state index < -0.39 is 0 Å². The van der Waals surface area contributed by atoms with Crippen molar-refractivity contribution in [2.45, 2.75) is 38.3 Å². The average molecular weight is 284 g/mol. The zero-order chi connectivity index (χ0) is 14.2. The maximum atomic E-state index is 5.77. The molecule has 21 heavy (non-hydrogen) atoms. The summed E-state index contributed by atoms with van der Waals surface area (Å²) in [4.78, 5) is 0. The van der Waals surface area contributed by atoms with Gasteiger partial charge in [0.1, 0.15) is 17.4 Å². The zero-order valence-electron chi connectivity index (χ0n) is 12.2. The molecule has 0 saturated heterocycles. The first-order valence-electron chi connectivity index (χ1n) is 7.76. The van der Waals surface area contributed by atoms with E-state index >= 15 is 0 Å². The Morgan fingerprint density at radius 2 is 2.14 bits per heavy atom. The highest BCUT2D eigenvalue weighted by Gasteiger charge is 2.31. The van der Waals surface area contributed by atoms with Gasteiger partial charge in [-0.2, -0.15) is 0 Å². The minimum absolute atomic E-state index is 0.298. The van der Waals surface area contributed by atoms with Crippen LogP contribution in [0.25, 0.3) is 0 Å². The zero-order valence-corrected chi connectivity index (χ0v) is 12.2. The lowest BCUT2D eigenvalue weighted by Crippen LogP contribution is -2.34. The fraction of sp³-hybridized carbons (Fsp3) is 0.500. The van der Waals surface area contributed by atoms with Crippen molar-refractivity contribution in [3.05, 3.63) is 41.5 Å². The fourth-order valence-corrected chi connectivity index (χ4v) is 3.45. The molecule has 2 aliphatic heterocycles. The molecular formula is C16H20N4O. The van der Waals surface area contributed by atoms with Crippen molar-refractivity contribution in [2.24, 2.45) is 0 Å². The lowest BCUT2D eigenvalue weighted by Gasteiger charge is -2.28. The summed E-state index contributed by atoms with van der Waals surface area (Å²) in [6, 6.07) is 8.63. The molecule has 0 amide bonds. The molecule has 2 aliphatic rings. The first-order chi connectivity index (χ1) is 10.4. The molecule has 0 fully saturated rings. The van der Waals surface area contributed by atoms with Gasteiger partial charge in [-0.1, -0.05) is 25.1 Å². The van der Waals surface area contributed by atoms with Crippen LogP contribution in [0.15, 0.2) is 24.3 Å². The van der Waals surface area contributed by atoms with Crippen LogP contribution in [0.4, 0.5) is 0 Å². The summed E-state index contributed by atoms with van der Waals surface area (Å²) in [5.41, 5.74) is 1.24. The summed E-state index contributed by atoms with van der Waals surface area (Å²) in [7, 11) is 0. The van der Waals surface area contributed by atoms with Crippen molar-refractivity contribution in [3.63, 3.8) is 0 Å². The second-order valence-electron chi connectivity index (χ2n) is 5.71. The van der Waals surface area contributed by atoms with Crippen molar-refractivity contribution in [1.82, 2.24) is 20.1 Å². The van der Waals surface area contributed by atoms with Gasteiger partial charge in [0.15, 0.2) is 0 Å². The average Bonchev–Trinajstić information content (AvgIpc) is 2.98. The number of nitrogens with zero attached hydrogens (tertiary/aromatic N) is 3. The fourth-order valence-electron chi connectivity index (χ4n) is 3.45. The van der Waals surface area contributed by atoms with Gasteiger partial charge in [0.25, 0.3) is 0 Å². The maximum absolute atomic E-state index is 5.77. The molecule has 5 nitrogen and oxygen atoms in total. The third kappa shape index (κ3) is 2.03. The Labute approximate surface area is 124 Å². The van der Waals surface area contributed by atoms with Crippen LogP contribution in [0.2, 0.25) is 0 Å². The maximum Gasteiger partial charge on any atom is 0.150 e. The molecule has 3 heterocycles. The molecule has 4 rings (SSSR count). The van der Waals surface area contributed by atoms with Gasteiger partial charge in [0.2, 0.25) is 0 Å². The Morgan fingerprint density at radius 1 is 1.29 bits per heavy atom. The second-order valence-corrected chi connectivity index (χ2v) is 5.71. The van der Waals surface area contributed by atoms with Crippen LogP contribution in [0.1, 0.15) is 48.9 Å². The van der Waals surface area contributed by atoms with Gasteiger partial charge in [-0.15, -0.1) is 10.2 Å². The summed E-state index contributed by atoms with van der Waals surface area (Å²) in [6.45, 7) is 4.87. The summed E-state index contributed by atoms with van der Waals surface area (Å²) in [5.74, 6) is 3.47. The van der Waals surface area contributed by atoms with Gasteiger partial charge in [0.05, 0.1) is 18.6 Å². The summed E-state index contributed by atoms with van der Waals surface area (Å²) in [5, 5.41) is 12.5. The normalized spacial score (nSPS) is 24.0. The SMILES string of the molecule is CCC1NCCn2c1nnc2C1CCOc2ccccc21. The number of nitrogens with one attached hydrogen (secondary N) is 1. The highest BCUT2D eigenvalue weighted by atomic mass is 16.5. The van der Waals surface area contributed by atoms with Crippen LogP contribution in [-0.4, -0.2) is 27.9 Å². The van der Waals surface area contributed by atoms with E-state index in [1.54, 1.807) is 0 Å². The summed E-state index contributed by atoms with van der Waals surface area (Å²) in [6.07, 6.45) is 2.02. The van der Waals surface area contributed by atoms with Gasteiger partial charge in [-0.3, -0.25) is 0 Å². The van der Waals surface area contributed by atoms with Crippen molar-refractivity contribution in [2.75, 3.05) is 13.2 Å². The topological polar surface area (TPSA) is 52.0 Å². The first-order valence-corrected chi connectivity index (χ1v) is 7.76. The highest BCUT2D eigenvalue weighted by Crippen LogP contribution is 2.38. The first kappa shape index (κ1) is 12.8. The molecular weight excluding hydrogens is 264 g/mol. The lowest BCUT2D eigenvalue weighted by atomic mass is 9.92. The predicted molar refractivity (Wildman–Crippen MR) is 79.5 cm³/mol. The van der Waals surface area contributed by atoms with Crippen LogP contribution in [0.3, 0.4) is 0 Å². The largest absolute Gasteiger partial charge is 0.493 e. The van der Waals surface area contributed by atoms with Gasteiger partial charge in [0, 0.05) is 18.7 Å². The van der Waals surface area contributed by atoms with Crippen LogP contribution < -0.4 is 10.1 Å². The van der Waals surface area contributed by atoms with E-state index in [2.05, 4.69) is 39.1 Å². The lowest BCUT2D eigenvalue weighted by molar-refractivity contribution is 0.271. The minimum Gasteiger partial charge on any atom is -0.493 e. The number of benzene rings is 1. The molecule has 5 heteroatoms. The number of fused-ring (bicyclic) bond motifs is 2. The van der Waals surface area contributed by atoms with Crippen LogP contribution >= 0.6 is 0 Å². The number of hydrogen-bond acceptors (Lipinski definition) is 4. The van der Waals surface area contributed by atoms with E-state index in [4.69, 9.17) is 4.74 Å². The monoisotopic (exact) mass is 284 g/mol. The van der Waals surface area contributed by atoms with Crippen LogP contribution in [0.5, 0.6) is 5.75 Å². The second kappa shape index (κ2) is 5.15. The number of para-hydroxylation sites is 1. The molecule has 2 atom stereocenters. The quantitative estimate of drug-likeness (QED) is 0.919. The Bertz CT molecular complexity index is 651. The molecule has 0 aliphatic carbocycles. The van der Waals surface area contributed by atoms with E-state index in [0.717, 1.165) is 49.9 Å². The van der Waals surface area contributed by atoms with Gasteiger partial charge in [-0.05, 0) is 18.9 Å². The van der Waals surface area contributed by atoms with Crippen molar-refractivity contribution >= 4 is 0 Å². The molecule has 0 radical (unpaired) electrons. The molecule has 110 valence electrons. The molecule has 1 N–H and O–H groups in total. The van der Waals surface area contributed by atoms with Crippen molar-refractivity contribution in [1.29, 1.82) is 0 Å². The Morgan fingerprint density at radius 3 is 3.05 bits per heavy atom.